The fourth-order valence-corrected chi connectivity index (χ4v) is 3.19. The van der Waals surface area contributed by atoms with Crippen molar-refractivity contribution in [2.75, 3.05) is 5.75 Å². The maximum atomic E-state index is 12.3. The molecule has 0 aliphatic rings. The third kappa shape index (κ3) is 6.28. The molecule has 0 saturated carbocycles. The third-order valence-electron chi connectivity index (χ3n) is 3.43. The lowest BCUT2D eigenvalue weighted by Gasteiger charge is -2.21. The molecule has 1 atom stereocenters. The van der Waals surface area contributed by atoms with Crippen molar-refractivity contribution in [3.63, 3.8) is 0 Å². The van der Waals surface area contributed by atoms with E-state index in [0.29, 0.717) is 16.7 Å². The van der Waals surface area contributed by atoms with Gasteiger partial charge in [-0.1, -0.05) is 55.8 Å². The second kappa shape index (κ2) is 8.99. The molecule has 2 nitrogen and oxygen atoms in total. The molecular weight excluding hydrogens is 326 g/mol. The Morgan fingerprint density at radius 1 is 1.09 bits per heavy atom. The summed E-state index contributed by atoms with van der Waals surface area (Å²) >= 11 is 7.39. The molecule has 2 aromatic carbocycles. The van der Waals surface area contributed by atoms with Gasteiger partial charge < -0.3 is 5.32 Å². The number of nitrogens with one attached hydrogen (secondary N) is 1. The lowest BCUT2D eigenvalue weighted by molar-refractivity contribution is -0.119. The van der Waals surface area contributed by atoms with Gasteiger partial charge in [-0.25, -0.2) is 0 Å². The Morgan fingerprint density at radius 2 is 1.74 bits per heavy atom. The second-order valence-corrected chi connectivity index (χ2v) is 7.39. The Hall–Kier alpha value is -1.45. The van der Waals surface area contributed by atoms with Gasteiger partial charge in [-0.15, -0.1) is 11.8 Å². The highest BCUT2D eigenvalue weighted by Gasteiger charge is 2.16. The van der Waals surface area contributed by atoms with E-state index >= 15 is 0 Å². The van der Waals surface area contributed by atoms with Gasteiger partial charge in [-0.2, -0.15) is 0 Å². The summed E-state index contributed by atoms with van der Waals surface area (Å²) in [5, 5.41) is 3.87. The zero-order valence-electron chi connectivity index (χ0n) is 13.5. The van der Waals surface area contributed by atoms with Gasteiger partial charge in [0.1, 0.15) is 0 Å². The van der Waals surface area contributed by atoms with Crippen LogP contribution in [0.25, 0.3) is 0 Å². The normalized spacial score (nSPS) is 12.2. The van der Waals surface area contributed by atoms with Crippen LogP contribution in [0.3, 0.4) is 0 Å². The van der Waals surface area contributed by atoms with E-state index in [1.165, 1.54) is 11.8 Å². The molecule has 1 amide bonds. The molecule has 2 rings (SSSR count). The number of hydrogen-bond donors (Lipinski definition) is 1. The summed E-state index contributed by atoms with van der Waals surface area (Å²) in [4.78, 5) is 13.3. The monoisotopic (exact) mass is 347 g/mol. The van der Waals surface area contributed by atoms with Crippen molar-refractivity contribution >= 4 is 29.3 Å². The van der Waals surface area contributed by atoms with Crippen molar-refractivity contribution in [3.8, 4) is 0 Å². The minimum atomic E-state index is 0.0550. The van der Waals surface area contributed by atoms with Crippen molar-refractivity contribution in [2.45, 2.75) is 31.2 Å². The van der Waals surface area contributed by atoms with Crippen molar-refractivity contribution in [1.29, 1.82) is 0 Å². The van der Waals surface area contributed by atoms with Crippen LogP contribution >= 0.6 is 23.4 Å². The van der Waals surface area contributed by atoms with Crippen molar-refractivity contribution in [1.82, 2.24) is 5.32 Å². The summed E-state index contributed by atoms with van der Waals surface area (Å²) in [6.45, 7) is 4.34. The van der Waals surface area contributed by atoms with E-state index < -0.39 is 0 Å². The van der Waals surface area contributed by atoms with Gasteiger partial charge in [0.25, 0.3) is 0 Å². The summed E-state index contributed by atoms with van der Waals surface area (Å²) in [6, 6.07) is 17.8. The molecule has 0 heterocycles. The summed E-state index contributed by atoms with van der Waals surface area (Å²) in [7, 11) is 0. The topological polar surface area (TPSA) is 29.1 Å². The number of rotatable bonds is 7. The lowest BCUT2D eigenvalue weighted by Crippen LogP contribution is -2.30. The van der Waals surface area contributed by atoms with Gasteiger partial charge in [0.2, 0.25) is 5.91 Å². The number of hydrogen-bond acceptors (Lipinski definition) is 2. The molecule has 1 N–H and O–H groups in total. The van der Waals surface area contributed by atoms with E-state index in [4.69, 9.17) is 11.6 Å². The van der Waals surface area contributed by atoms with E-state index in [2.05, 4.69) is 31.3 Å². The molecule has 0 aromatic heterocycles. The van der Waals surface area contributed by atoms with Gasteiger partial charge in [0.15, 0.2) is 0 Å². The number of benzene rings is 2. The molecule has 0 radical (unpaired) electrons. The number of halogens is 1. The Balaban J connectivity index is 1.93. The van der Waals surface area contributed by atoms with E-state index in [9.17, 15) is 4.79 Å². The van der Waals surface area contributed by atoms with E-state index in [-0.39, 0.29) is 11.9 Å². The summed E-state index contributed by atoms with van der Waals surface area (Å²) < 4.78 is 0. The number of carbonyl (C=O) groups is 1. The van der Waals surface area contributed by atoms with Crippen LogP contribution in [0.2, 0.25) is 5.02 Å². The van der Waals surface area contributed by atoms with Gasteiger partial charge in [0.05, 0.1) is 11.8 Å². The molecule has 0 aliphatic heterocycles. The molecule has 23 heavy (non-hydrogen) atoms. The molecule has 0 aliphatic carbocycles. The first-order chi connectivity index (χ1) is 11.0. The average molecular weight is 348 g/mol. The third-order valence-corrected chi connectivity index (χ3v) is 4.69. The minimum Gasteiger partial charge on any atom is -0.349 e. The Bertz CT molecular complexity index is 613. The standard InChI is InChI=1S/C19H22ClNOS/c1-14(2)12-18(15-6-4-3-5-7-15)21-19(22)13-23-17-10-8-16(20)9-11-17/h3-11,14,18H,12-13H2,1-2H3,(H,21,22). The number of amides is 1. The highest BCUT2D eigenvalue weighted by atomic mass is 35.5. The molecule has 2 aromatic rings. The van der Waals surface area contributed by atoms with Crippen LogP contribution in [0, 0.1) is 5.92 Å². The summed E-state index contributed by atoms with van der Waals surface area (Å²) in [6.07, 6.45) is 0.932. The molecule has 1 unspecified atom stereocenters. The van der Waals surface area contributed by atoms with Gasteiger partial charge >= 0.3 is 0 Å². The molecular formula is C19H22ClNOS. The second-order valence-electron chi connectivity index (χ2n) is 5.90. The van der Waals surface area contributed by atoms with Crippen LogP contribution in [-0.4, -0.2) is 11.7 Å². The fraction of sp³-hybridized carbons (Fsp3) is 0.316. The quantitative estimate of drug-likeness (QED) is 0.685. The first kappa shape index (κ1) is 17.9. The number of carbonyl (C=O) groups excluding carboxylic acids is 1. The highest BCUT2D eigenvalue weighted by Crippen LogP contribution is 2.23. The maximum Gasteiger partial charge on any atom is 0.230 e. The van der Waals surface area contributed by atoms with Crippen LogP contribution in [0.5, 0.6) is 0 Å². The first-order valence-electron chi connectivity index (χ1n) is 7.77. The highest BCUT2D eigenvalue weighted by molar-refractivity contribution is 8.00. The molecule has 0 bridgehead atoms. The van der Waals surface area contributed by atoms with Crippen LogP contribution < -0.4 is 5.32 Å². The Morgan fingerprint density at radius 3 is 2.35 bits per heavy atom. The smallest absolute Gasteiger partial charge is 0.230 e. The van der Waals surface area contributed by atoms with Crippen LogP contribution in [0.4, 0.5) is 0 Å². The predicted octanol–water partition coefficient (Wildman–Crippen LogP) is 5.34. The predicted molar refractivity (Wildman–Crippen MR) is 99.0 cm³/mol. The van der Waals surface area contributed by atoms with Gasteiger partial charge in [0, 0.05) is 9.92 Å². The van der Waals surface area contributed by atoms with E-state index in [1.807, 2.05) is 42.5 Å². The summed E-state index contributed by atoms with van der Waals surface area (Å²) in [5.74, 6) is 0.979. The largest absolute Gasteiger partial charge is 0.349 e. The fourth-order valence-electron chi connectivity index (χ4n) is 2.35. The SMILES string of the molecule is CC(C)CC(NC(=O)CSc1ccc(Cl)cc1)c1ccccc1. The average Bonchev–Trinajstić information content (AvgIpc) is 2.54. The van der Waals surface area contributed by atoms with Crippen molar-refractivity contribution < 1.29 is 4.79 Å². The van der Waals surface area contributed by atoms with Crippen LogP contribution in [-0.2, 0) is 4.79 Å². The molecule has 4 heteroatoms. The maximum absolute atomic E-state index is 12.3. The molecule has 0 fully saturated rings. The zero-order valence-corrected chi connectivity index (χ0v) is 15.0. The van der Waals surface area contributed by atoms with E-state index in [1.54, 1.807) is 0 Å². The van der Waals surface area contributed by atoms with Gasteiger partial charge in [-0.3, -0.25) is 4.79 Å². The molecule has 122 valence electrons. The van der Waals surface area contributed by atoms with Crippen LogP contribution in [0.1, 0.15) is 31.9 Å². The Kier molecular flexibility index (Phi) is 7.00. The van der Waals surface area contributed by atoms with Gasteiger partial charge in [-0.05, 0) is 42.2 Å². The zero-order chi connectivity index (χ0) is 16.7. The number of thioether (sulfide) groups is 1. The summed E-state index contributed by atoms with van der Waals surface area (Å²) in [5.41, 5.74) is 1.16. The minimum absolute atomic E-state index is 0.0550. The Labute approximate surface area is 147 Å². The van der Waals surface area contributed by atoms with Crippen LogP contribution in [0.15, 0.2) is 59.5 Å². The molecule has 0 spiro atoms. The molecule has 0 saturated heterocycles. The van der Waals surface area contributed by atoms with Crippen molar-refractivity contribution in [3.05, 3.63) is 65.2 Å². The lowest BCUT2D eigenvalue weighted by atomic mass is 9.97. The van der Waals surface area contributed by atoms with E-state index in [0.717, 1.165) is 16.9 Å². The van der Waals surface area contributed by atoms with Crippen molar-refractivity contribution in [2.24, 2.45) is 5.92 Å². The first-order valence-corrected chi connectivity index (χ1v) is 9.13.